The van der Waals surface area contributed by atoms with Crippen LogP contribution in [0.25, 0.3) is 16.8 Å². The second kappa shape index (κ2) is 7.75. The molecule has 0 spiro atoms. The number of ketones is 1. The zero-order chi connectivity index (χ0) is 21.3. The third-order valence-electron chi connectivity index (χ3n) is 5.00. The number of carbonyl (C=O) groups excluding carboxylic acids is 2. The Balaban J connectivity index is 1.76. The van der Waals surface area contributed by atoms with E-state index in [1.165, 1.54) is 4.68 Å². The van der Waals surface area contributed by atoms with E-state index in [0.717, 1.165) is 24.5 Å². The van der Waals surface area contributed by atoms with E-state index in [-0.39, 0.29) is 17.5 Å². The van der Waals surface area contributed by atoms with E-state index in [1.54, 1.807) is 42.6 Å². The van der Waals surface area contributed by atoms with E-state index in [0.29, 0.717) is 34.5 Å². The number of aryl methyl sites for hydroxylation is 1. The molecule has 2 aromatic carbocycles. The maximum absolute atomic E-state index is 12.1. The molecule has 8 heteroatoms. The van der Waals surface area contributed by atoms with Gasteiger partial charge >= 0.3 is 5.82 Å². The summed E-state index contributed by atoms with van der Waals surface area (Å²) in [5.41, 5.74) is 3.66. The first-order chi connectivity index (χ1) is 14.5. The number of hydrogen-bond donors (Lipinski definition) is 1. The van der Waals surface area contributed by atoms with E-state index < -0.39 is 4.92 Å². The van der Waals surface area contributed by atoms with Gasteiger partial charge in [0.05, 0.1) is 17.0 Å². The van der Waals surface area contributed by atoms with Gasteiger partial charge in [-0.15, -0.1) is 4.68 Å². The number of benzene rings is 2. The largest absolute Gasteiger partial charge is 0.398 e. The third kappa shape index (κ3) is 3.62. The van der Waals surface area contributed by atoms with Gasteiger partial charge in [-0.1, -0.05) is 30.8 Å². The maximum atomic E-state index is 12.1. The summed E-state index contributed by atoms with van der Waals surface area (Å²) in [6.07, 6.45) is 4.81. The zero-order valence-electron chi connectivity index (χ0n) is 16.0. The molecule has 150 valence electrons. The molecule has 0 fully saturated rings. The molecule has 1 aromatic heterocycles. The van der Waals surface area contributed by atoms with Crippen LogP contribution in [-0.2, 0) is 11.2 Å². The maximum Gasteiger partial charge on any atom is 0.398 e. The molecule has 4 rings (SSSR count). The van der Waals surface area contributed by atoms with Crippen LogP contribution in [0.4, 0.5) is 11.5 Å². The van der Waals surface area contributed by atoms with Crippen LogP contribution < -0.4 is 5.32 Å². The molecule has 0 radical (unpaired) electrons. The minimum Gasteiger partial charge on any atom is -0.358 e. The Morgan fingerprint density at radius 1 is 1.20 bits per heavy atom. The normalized spacial score (nSPS) is 12.9. The van der Waals surface area contributed by atoms with Crippen LogP contribution in [0.3, 0.4) is 0 Å². The highest BCUT2D eigenvalue weighted by Crippen LogP contribution is 2.33. The Morgan fingerprint density at radius 3 is 2.80 bits per heavy atom. The minimum absolute atomic E-state index is 0.103. The fraction of sp³-hybridized carbons (Fsp3) is 0.136. The van der Waals surface area contributed by atoms with Crippen molar-refractivity contribution in [2.24, 2.45) is 0 Å². The summed E-state index contributed by atoms with van der Waals surface area (Å²) in [5, 5.41) is 18.4. The number of aromatic nitrogens is 2. The third-order valence-corrected chi connectivity index (χ3v) is 5.00. The number of nitrogens with one attached hydrogen (secondary N) is 1. The summed E-state index contributed by atoms with van der Waals surface area (Å²) >= 11 is 0. The van der Waals surface area contributed by atoms with Crippen molar-refractivity contribution in [1.82, 2.24) is 9.78 Å². The fourth-order valence-corrected chi connectivity index (χ4v) is 3.57. The molecule has 0 aliphatic heterocycles. The van der Waals surface area contributed by atoms with Crippen molar-refractivity contribution in [3.8, 4) is 16.8 Å². The molecule has 1 amide bonds. The van der Waals surface area contributed by atoms with Gasteiger partial charge in [0, 0.05) is 17.7 Å². The van der Waals surface area contributed by atoms with Crippen molar-refractivity contribution in [3.63, 3.8) is 0 Å². The highest BCUT2D eigenvalue weighted by atomic mass is 16.6. The van der Waals surface area contributed by atoms with Crippen LogP contribution >= 0.6 is 0 Å². The molecule has 1 aliphatic carbocycles. The molecule has 1 aliphatic rings. The predicted molar refractivity (Wildman–Crippen MR) is 112 cm³/mol. The van der Waals surface area contributed by atoms with E-state index >= 15 is 0 Å². The van der Waals surface area contributed by atoms with Crippen molar-refractivity contribution >= 4 is 23.2 Å². The number of amides is 1. The average molecular weight is 402 g/mol. The van der Waals surface area contributed by atoms with Crippen LogP contribution in [0.15, 0.2) is 61.3 Å². The number of carbonyl (C=O) groups is 2. The highest BCUT2D eigenvalue weighted by molar-refractivity contribution is 5.99. The standard InChI is InChI=1S/C22H18N4O4/c1-2-21(28)23-16-6-4-7-17(12-16)25-13-19(22(24-25)26(29)30)15-9-10-18-14(11-15)5-3-8-20(18)27/h2,4,6-7,9-13H,1,3,5,8H2,(H,23,28). The van der Waals surface area contributed by atoms with E-state index in [4.69, 9.17) is 0 Å². The molecule has 3 aromatic rings. The summed E-state index contributed by atoms with van der Waals surface area (Å²) < 4.78 is 1.40. The lowest BCUT2D eigenvalue weighted by atomic mass is 9.88. The summed E-state index contributed by atoms with van der Waals surface area (Å²) in [5.74, 6) is -0.535. The first-order valence-corrected chi connectivity index (χ1v) is 9.40. The molecular formula is C22H18N4O4. The lowest BCUT2D eigenvalue weighted by Gasteiger charge is -2.15. The van der Waals surface area contributed by atoms with Crippen molar-refractivity contribution < 1.29 is 14.5 Å². The number of nitrogens with zero attached hydrogens (tertiary/aromatic N) is 3. The summed E-state index contributed by atoms with van der Waals surface area (Å²) in [7, 11) is 0. The van der Waals surface area contributed by atoms with Gasteiger partial charge in [0.2, 0.25) is 5.91 Å². The fourth-order valence-electron chi connectivity index (χ4n) is 3.57. The second-order valence-corrected chi connectivity index (χ2v) is 6.96. The van der Waals surface area contributed by atoms with Crippen molar-refractivity contribution in [1.29, 1.82) is 0 Å². The van der Waals surface area contributed by atoms with Gasteiger partial charge in [0.1, 0.15) is 5.56 Å². The Labute approximate surface area is 172 Å². The van der Waals surface area contributed by atoms with Crippen LogP contribution in [-0.4, -0.2) is 26.4 Å². The van der Waals surface area contributed by atoms with E-state index in [1.807, 2.05) is 6.07 Å². The molecule has 30 heavy (non-hydrogen) atoms. The monoisotopic (exact) mass is 402 g/mol. The Morgan fingerprint density at radius 2 is 2.03 bits per heavy atom. The molecule has 1 N–H and O–H groups in total. The summed E-state index contributed by atoms with van der Waals surface area (Å²) in [4.78, 5) is 34.7. The zero-order valence-corrected chi connectivity index (χ0v) is 16.0. The lowest BCUT2D eigenvalue weighted by molar-refractivity contribution is -0.389. The Hall–Kier alpha value is -4.07. The summed E-state index contributed by atoms with van der Waals surface area (Å²) in [6, 6.07) is 12.1. The van der Waals surface area contributed by atoms with Crippen molar-refractivity contribution in [3.05, 3.63) is 82.6 Å². The SMILES string of the molecule is C=CC(=O)Nc1cccc(-n2cc(-c3ccc4c(c3)CCCC4=O)c([N+](=O)[O-])n2)c1. The number of nitro groups is 1. The number of hydrogen-bond acceptors (Lipinski definition) is 5. The number of fused-ring (bicyclic) bond motifs is 1. The topological polar surface area (TPSA) is 107 Å². The van der Waals surface area contributed by atoms with Crippen LogP contribution in [0.5, 0.6) is 0 Å². The second-order valence-electron chi connectivity index (χ2n) is 6.96. The van der Waals surface area contributed by atoms with Crippen molar-refractivity contribution in [2.75, 3.05) is 5.32 Å². The van der Waals surface area contributed by atoms with E-state index in [9.17, 15) is 19.7 Å². The molecule has 0 bridgehead atoms. The molecule has 0 saturated heterocycles. The Kier molecular flexibility index (Phi) is 4.97. The summed E-state index contributed by atoms with van der Waals surface area (Å²) in [6.45, 7) is 3.41. The smallest absolute Gasteiger partial charge is 0.358 e. The molecule has 0 unspecified atom stereocenters. The van der Waals surface area contributed by atoms with Crippen LogP contribution in [0.2, 0.25) is 0 Å². The average Bonchev–Trinajstić information content (AvgIpc) is 3.20. The van der Waals surface area contributed by atoms with Gasteiger partial charge in [-0.2, -0.15) is 0 Å². The molecule has 0 atom stereocenters. The molecule has 1 heterocycles. The van der Waals surface area contributed by atoms with Gasteiger partial charge in [0.25, 0.3) is 0 Å². The van der Waals surface area contributed by atoms with E-state index in [2.05, 4.69) is 17.0 Å². The van der Waals surface area contributed by atoms with Gasteiger partial charge in [-0.3, -0.25) is 9.59 Å². The predicted octanol–water partition coefficient (Wildman–Crippen LogP) is 4.09. The quantitative estimate of drug-likeness (QED) is 0.393. The van der Waals surface area contributed by atoms with Gasteiger partial charge in [-0.25, -0.2) is 0 Å². The van der Waals surface area contributed by atoms with Crippen molar-refractivity contribution in [2.45, 2.75) is 19.3 Å². The first kappa shape index (κ1) is 19.3. The van der Waals surface area contributed by atoms with Crippen LogP contribution in [0.1, 0.15) is 28.8 Å². The minimum atomic E-state index is -0.528. The Bertz CT molecular complexity index is 1200. The van der Waals surface area contributed by atoms with Gasteiger partial charge in [-0.05, 0) is 53.2 Å². The van der Waals surface area contributed by atoms with Crippen LogP contribution in [0, 0.1) is 10.1 Å². The van der Waals surface area contributed by atoms with Gasteiger partial charge in [0.15, 0.2) is 5.78 Å². The molecular weight excluding hydrogens is 384 g/mol. The number of anilines is 1. The number of rotatable bonds is 5. The first-order valence-electron chi connectivity index (χ1n) is 9.40. The number of Topliss-reactive ketones (excluding diaryl/α,β-unsaturated/α-hetero) is 1. The lowest BCUT2D eigenvalue weighted by Crippen LogP contribution is -2.10. The molecule has 0 saturated carbocycles. The molecule has 8 nitrogen and oxygen atoms in total. The highest BCUT2D eigenvalue weighted by Gasteiger charge is 2.25. The van der Waals surface area contributed by atoms with Gasteiger partial charge < -0.3 is 15.4 Å².